The highest BCUT2D eigenvalue weighted by Crippen LogP contribution is 2.32. The smallest absolute Gasteiger partial charge is 0.408 e. The lowest BCUT2D eigenvalue weighted by Crippen LogP contribution is -2.48. The number of nitrogens with one attached hydrogen (secondary N) is 1. The van der Waals surface area contributed by atoms with Crippen LogP contribution in [-0.2, 0) is 20.8 Å². The summed E-state index contributed by atoms with van der Waals surface area (Å²) < 4.78 is 14.9. The molecule has 1 amide bonds. The van der Waals surface area contributed by atoms with Crippen LogP contribution in [0.4, 0.5) is 4.79 Å². The van der Waals surface area contributed by atoms with Crippen LogP contribution in [0.2, 0.25) is 0 Å². The van der Waals surface area contributed by atoms with Crippen molar-refractivity contribution in [2.75, 3.05) is 26.2 Å². The molecule has 228 valence electrons. The van der Waals surface area contributed by atoms with Crippen molar-refractivity contribution < 1.29 is 19.1 Å². The topological polar surface area (TPSA) is 94.8 Å². The number of hydrogen-bond acceptors (Lipinski definition) is 6. The summed E-state index contributed by atoms with van der Waals surface area (Å²) in [5, 5.41) is 2.58. The molecule has 1 aromatic carbocycles. The second-order valence-corrected chi connectivity index (χ2v) is 13.0. The fourth-order valence-electron chi connectivity index (χ4n) is 6.57. The zero-order chi connectivity index (χ0) is 29.6. The number of rotatable bonds is 8. The SMILES string of the molecule is CCn1c(=O)n([C@H]2CCN(CC3CCCCCCC3)C[C@@H]2COC(=O)C(C)NC(=O)OC(C)(C)C)c2ccccc21. The molecular weight excluding hydrogens is 520 g/mol. The number of ether oxygens (including phenoxy) is 2. The number of hydrogen-bond donors (Lipinski definition) is 1. The molecule has 41 heavy (non-hydrogen) atoms. The molecule has 2 heterocycles. The number of alkyl carbamates (subject to hydrolysis) is 1. The first-order chi connectivity index (χ1) is 19.6. The second-order valence-electron chi connectivity index (χ2n) is 13.0. The third kappa shape index (κ3) is 8.15. The molecule has 1 aliphatic carbocycles. The quantitative estimate of drug-likeness (QED) is 0.421. The number of aromatic nitrogens is 2. The Labute approximate surface area is 244 Å². The van der Waals surface area contributed by atoms with Gasteiger partial charge in [-0.15, -0.1) is 0 Å². The Bertz CT molecular complexity index is 1220. The molecule has 2 aromatic rings. The maximum atomic E-state index is 13.7. The van der Waals surface area contributed by atoms with E-state index < -0.39 is 23.7 Å². The maximum absolute atomic E-state index is 13.7. The highest BCUT2D eigenvalue weighted by Gasteiger charge is 2.35. The van der Waals surface area contributed by atoms with E-state index in [-0.39, 0.29) is 24.3 Å². The molecule has 4 rings (SSSR count). The number of carbonyl (C=O) groups is 2. The number of carbonyl (C=O) groups excluding carboxylic acids is 2. The number of esters is 1. The molecule has 1 aliphatic heterocycles. The Morgan fingerprint density at radius 2 is 1.68 bits per heavy atom. The van der Waals surface area contributed by atoms with Crippen molar-refractivity contribution in [3.05, 3.63) is 34.7 Å². The van der Waals surface area contributed by atoms with E-state index in [0.29, 0.717) is 12.5 Å². The molecular formula is C32H50N4O5. The van der Waals surface area contributed by atoms with Gasteiger partial charge in [0, 0.05) is 38.1 Å². The van der Waals surface area contributed by atoms with Gasteiger partial charge in [0.2, 0.25) is 0 Å². The number of imidazole rings is 1. The van der Waals surface area contributed by atoms with Crippen LogP contribution in [0.25, 0.3) is 11.0 Å². The number of likely N-dealkylation sites (tertiary alicyclic amines) is 1. The lowest BCUT2D eigenvalue weighted by atomic mass is 9.88. The standard InChI is InChI=1S/C32H50N4O5/c1-6-35-27-16-12-13-17-28(27)36(31(35)39)26-18-19-34(20-24-14-10-8-7-9-11-15-24)21-25(26)22-40-29(37)23(2)33-30(38)41-32(3,4)5/h12-13,16-17,23-26H,6-11,14-15,18-22H2,1-5H3,(H,33,38)/t23?,25-,26+/m1/s1. The van der Waals surface area contributed by atoms with Crippen LogP contribution in [0.3, 0.4) is 0 Å². The lowest BCUT2D eigenvalue weighted by molar-refractivity contribution is -0.148. The van der Waals surface area contributed by atoms with Crippen LogP contribution in [0.5, 0.6) is 0 Å². The summed E-state index contributed by atoms with van der Waals surface area (Å²) in [4.78, 5) is 41.3. The van der Waals surface area contributed by atoms with Crippen molar-refractivity contribution in [2.45, 2.75) is 110 Å². The Kier molecular flexibility index (Phi) is 10.6. The van der Waals surface area contributed by atoms with Crippen molar-refractivity contribution in [3.63, 3.8) is 0 Å². The summed E-state index contributed by atoms with van der Waals surface area (Å²) in [5.74, 6) is 0.136. The van der Waals surface area contributed by atoms with Crippen molar-refractivity contribution in [3.8, 4) is 0 Å². The molecule has 1 aromatic heterocycles. The largest absolute Gasteiger partial charge is 0.464 e. The molecule has 1 saturated heterocycles. The van der Waals surface area contributed by atoms with E-state index in [1.165, 1.54) is 44.9 Å². The van der Waals surface area contributed by atoms with Gasteiger partial charge in [0.05, 0.1) is 17.6 Å². The van der Waals surface area contributed by atoms with Gasteiger partial charge in [-0.05, 0) is 71.9 Å². The molecule has 1 N–H and O–H groups in total. The van der Waals surface area contributed by atoms with Gasteiger partial charge in [-0.3, -0.25) is 9.13 Å². The van der Waals surface area contributed by atoms with Gasteiger partial charge >= 0.3 is 17.8 Å². The van der Waals surface area contributed by atoms with Crippen LogP contribution in [0.15, 0.2) is 29.1 Å². The molecule has 3 atom stereocenters. The Balaban J connectivity index is 1.51. The summed E-state index contributed by atoms with van der Waals surface area (Å²) in [6.45, 7) is 12.4. The Morgan fingerprint density at radius 1 is 1.02 bits per heavy atom. The molecule has 9 nitrogen and oxygen atoms in total. The van der Waals surface area contributed by atoms with E-state index in [9.17, 15) is 14.4 Å². The fourth-order valence-corrected chi connectivity index (χ4v) is 6.57. The maximum Gasteiger partial charge on any atom is 0.408 e. The highest BCUT2D eigenvalue weighted by molar-refractivity contribution is 5.81. The first-order valence-electron chi connectivity index (χ1n) is 15.7. The summed E-state index contributed by atoms with van der Waals surface area (Å²) in [6, 6.07) is 7.02. The summed E-state index contributed by atoms with van der Waals surface area (Å²) in [7, 11) is 0. The van der Waals surface area contributed by atoms with Crippen molar-refractivity contribution in [1.29, 1.82) is 0 Å². The zero-order valence-electron chi connectivity index (χ0n) is 25.7. The number of amides is 1. The number of piperidine rings is 1. The van der Waals surface area contributed by atoms with Gasteiger partial charge < -0.3 is 19.7 Å². The van der Waals surface area contributed by atoms with E-state index in [1.54, 1.807) is 27.7 Å². The molecule has 0 spiro atoms. The number of para-hydroxylation sites is 2. The predicted molar refractivity (Wildman–Crippen MR) is 161 cm³/mol. The molecule has 1 unspecified atom stereocenters. The molecule has 1 saturated carbocycles. The number of fused-ring (bicyclic) bond motifs is 1. The molecule has 9 heteroatoms. The van der Waals surface area contributed by atoms with Crippen LogP contribution in [0.1, 0.15) is 92.0 Å². The predicted octanol–water partition coefficient (Wildman–Crippen LogP) is 5.50. The van der Waals surface area contributed by atoms with Crippen LogP contribution in [-0.4, -0.2) is 64.0 Å². The molecule has 2 aliphatic rings. The van der Waals surface area contributed by atoms with Crippen LogP contribution >= 0.6 is 0 Å². The van der Waals surface area contributed by atoms with Crippen LogP contribution in [0, 0.1) is 11.8 Å². The number of benzene rings is 1. The van der Waals surface area contributed by atoms with E-state index in [0.717, 1.165) is 37.1 Å². The summed E-state index contributed by atoms with van der Waals surface area (Å²) in [6.07, 6.45) is 9.34. The number of nitrogens with zero attached hydrogens (tertiary/aromatic N) is 3. The van der Waals surface area contributed by atoms with Crippen molar-refractivity contribution >= 4 is 23.1 Å². The Morgan fingerprint density at radius 3 is 2.34 bits per heavy atom. The minimum atomic E-state index is -0.845. The second kappa shape index (κ2) is 13.9. The molecule has 0 bridgehead atoms. The van der Waals surface area contributed by atoms with Gasteiger partial charge in [-0.1, -0.05) is 44.2 Å². The minimum absolute atomic E-state index is 0.0107. The average Bonchev–Trinajstić information content (AvgIpc) is 3.18. The van der Waals surface area contributed by atoms with Crippen molar-refractivity contribution in [2.24, 2.45) is 11.8 Å². The Hall–Kier alpha value is -2.81. The first-order valence-corrected chi connectivity index (χ1v) is 15.7. The zero-order valence-corrected chi connectivity index (χ0v) is 25.7. The van der Waals surface area contributed by atoms with Gasteiger partial charge in [-0.25, -0.2) is 14.4 Å². The monoisotopic (exact) mass is 570 g/mol. The number of aryl methyl sites for hydroxylation is 1. The van der Waals surface area contributed by atoms with Gasteiger partial charge in [-0.2, -0.15) is 0 Å². The molecule has 2 fully saturated rings. The van der Waals surface area contributed by atoms with Gasteiger partial charge in [0.15, 0.2) is 0 Å². The van der Waals surface area contributed by atoms with Gasteiger partial charge in [0.25, 0.3) is 0 Å². The van der Waals surface area contributed by atoms with E-state index in [1.807, 2.05) is 40.3 Å². The van der Waals surface area contributed by atoms with Crippen LogP contribution < -0.4 is 11.0 Å². The van der Waals surface area contributed by atoms with E-state index >= 15 is 0 Å². The normalized spacial score (nSPS) is 22.1. The summed E-state index contributed by atoms with van der Waals surface area (Å²) in [5.41, 5.74) is 1.19. The third-order valence-electron chi connectivity index (χ3n) is 8.56. The average molecular weight is 571 g/mol. The lowest BCUT2D eigenvalue weighted by Gasteiger charge is -2.40. The van der Waals surface area contributed by atoms with Crippen molar-refractivity contribution in [1.82, 2.24) is 19.4 Å². The van der Waals surface area contributed by atoms with E-state index in [4.69, 9.17) is 9.47 Å². The first kappa shape index (κ1) is 31.1. The minimum Gasteiger partial charge on any atom is -0.464 e. The third-order valence-corrected chi connectivity index (χ3v) is 8.56. The fraction of sp³-hybridized carbons (Fsp3) is 0.719. The van der Waals surface area contributed by atoms with E-state index in [2.05, 4.69) is 10.2 Å². The summed E-state index contributed by atoms with van der Waals surface area (Å²) >= 11 is 0. The van der Waals surface area contributed by atoms with Gasteiger partial charge in [0.1, 0.15) is 11.6 Å². The highest BCUT2D eigenvalue weighted by atomic mass is 16.6. The molecule has 0 radical (unpaired) electrons.